The van der Waals surface area contributed by atoms with Crippen LogP contribution < -0.4 is 15.5 Å². The number of anilines is 2. The molecule has 0 saturated carbocycles. The molecule has 2 N–H and O–H groups in total. The zero-order valence-electron chi connectivity index (χ0n) is 21.5. The molecule has 0 atom stereocenters. The maximum Gasteiger partial charge on any atom is 0.257 e. The highest BCUT2D eigenvalue weighted by molar-refractivity contribution is 6.06. The summed E-state index contributed by atoms with van der Waals surface area (Å²) in [7, 11) is 0. The molecule has 2 aliphatic rings. The van der Waals surface area contributed by atoms with Crippen LogP contribution >= 0.6 is 0 Å². The van der Waals surface area contributed by atoms with Crippen LogP contribution in [0.1, 0.15) is 44.7 Å². The first kappa shape index (κ1) is 25.0. The van der Waals surface area contributed by atoms with Crippen LogP contribution in [0, 0.1) is 12.8 Å². The summed E-state index contributed by atoms with van der Waals surface area (Å²) in [5, 5.41) is 6.32. The van der Waals surface area contributed by atoms with Crippen LogP contribution in [0.5, 0.6) is 0 Å². The zero-order chi connectivity index (χ0) is 25.6. The number of amides is 2. The molecule has 2 saturated heterocycles. The van der Waals surface area contributed by atoms with E-state index in [1.165, 1.54) is 5.56 Å². The number of benzene rings is 2. The Hall–Kier alpha value is -3.71. The molecule has 2 amide bonds. The van der Waals surface area contributed by atoms with Crippen LogP contribution in [0.3, 0.4) is 0 Å². The molecular weight excluding hydrogens is 462 g/mol. The molecule has 37 heavy (non-hydrogen) atoms. The third-order valence-electron chi connectivity index (χ3n) is 7.43. The van der Waals surface area contributed by atoms with Crippen molar-refractivity contribution < 1.29 is 9.59 Å². The fraction of sp³-hybridized carbons (Fsp3) is 0.367. The number of nitrogens with one attached hydrogen (secondary N) is 2. The summed E-state index contributed by atoms with van der Waals surface area (Å²) < 4.78 is 0. The van der Waals surface area contributed by atoms with Crippen LogP contribution in [0.2, 0.25) is 0 Å². The molecule has 2 aromatic carbocycles. The maximum atomic E-state index is 13.8. The molecule has 0 aliphatic carbocycles. The van der Waals surface area contributed by atoms with Crippen molar-refractivity contribution in [2.75, 3.05) is 49.5 Å². The van der Waals surface area contributed by atoms with E-state index in [0.29, 0.717) is 28.6 Å². The number of rotatable bonds is 6. The highest BCUT2D eigenvalue weighted by Crippen LogP contribution is 2.27. The molecule has 0 radical (unpaired) electrons. The lowest BCUT2D eigenvalue weighted by atomic mass is 9.90. The molecule has 0 spiro atoms. The van der Waals surface area contributed by atoms with E-state index >= 15 is 0 Å². The van der Waals surface area contributed by atoms with E-state index in [2.05, 4.69) is 39.8 Å². The van der Waals surface area contributed by atoms with Gasteiger partial charge in [0.2, 0.25) is 0 Å². The fourth-order valence-corrected chi connectivity index (χ4v) is 5.30. The van der Waals surface area contributed by atoms with Crippen LogP contribution in [0.25, 0.3) is 0 Å². The van der Waals surface area contributed by atoms with E-state index in [9.17, 15) is 9.59 Å². The summed E-state index contributed by atoms with van der Waals surface area (Å²) >= 11 is 0. The lowest BCUT2D eigenvalue weighted by Gasteiger charge is -2.34. The largest absolute Gasteiger partial charge is 0.353 e. The quantitative estimate of drug-likeness (QED) is 0.535. The predicted molar refractivity (Wildman–Crippen MR) is 147 cm³/mol. The van der Waals surface area contributed by atoms with Gasteiger partial charge in [0, 0.05) is 44.8 Å². The second-order valence-electron chi connectivity index (χ2n) is 10.0. The van der Waals surface area contributed by atoms with Crippen molar-refractivity contribution in [1.29, 1.82) is 0 Å². The summed E-state index contributed by atoms with van der Waals surface area (Å²) in [6, 6.07) is 19.9. The number of hydrogen-bond donors (Lipinski definition) is 2. The fourth-order valence-electron chi connectivity index (χ4n) is 5.30. The molecule has 3 aromatic rings. The van der Waals surface area contributed by atoms with Crippen LogP contribution in [-0.4, -0.2) is 61.0 Å². The molecule has 0 unspecified atom stereocenters. The molecule has 0 bridgehead atoms. The smallest absolute Gasteiger partial charge is 0.257 e. The van der Waals surface area contributed by atoms with Crippen molar-refractivity contribution in [3.63, 3.8) is 0 Å². The molecule has 7 heteroatoms. The Balaban J connectivity index is 1.33. The monoisotopic (exact) mass is 497 g/mol. The average Bonchev–Trinajstić information content (AvgIpc) is 2.94. The maximum absolute atomic E-state index is 13.8. The summed E-state index contributed by atoms with van der Waals surface area (Å²) in [5.41, 5.74) is 3.97. The predicted octanol–water partition coefficient (Wildman–Crippen LogP) is 4.15. The number of nitrogens with zero attached hydrogens (tertiary/aromatic N) is 3. The van der Waals surface area contributed by atoms with Gasteiger partial charge >= 0.3 is 0 Å². The first-order valence-electron chi connectivity index (χ1n) is 13.2. The number of carbonyl (C=O) groups is 2. The molecule has 2 fully saturated rings. The van der Waals surface area contributed by atoms with Crippen molar-refractivity contribution in [1.82, 2.24) is 15.2 Å². The molecule has 5 rings (SSSR count). The van der Waals surface area contributed by atoms with Gasteiger partial charge in [0.05, 0.1) is 17.4 Å². The Labute approximate surface area is 218 Å². The number of piperidine rings is 1. The van der Waals surface area contributed by atoms with Gasteiger partial charge in [0.25, 0.3) is 11.8 Å². The van der Waals surface area contributed by atoms with E-state index in [1.54, 1.807) is 18.3 Å². The third-order valence-corrected chi connectivity index (χ3v) is 7.43. The SMILES string of the molecule is Cc1ccccc1C(=O)Nc1cnc(N2CCNCC2)c(C(=O)N2CCC(Cc3ccccc3)CC2)c1. The van der Waals surface area contributed by atoms with Gasteiger partial charge in [0.1, 0.15) is 5.82 Å². The highest BCUT2D eigenvalue weighted by Gasteiger charge is 2.28. The van der Waals surface area contributed by atoms with Gasteiger partial charge in [-0.15, -0.1) is 0 Å². The van der Waals surface area contributed by atoms with Gasteiger partial charge in [-0.25, -0.2) is 4.98 Å². The number of hydrogen-bond acceptors (Lipinski definition) is 5. The summed E-state index contributed by atoms with van der Waals surface area (Å²) in [6.07, 6.45) is 4.69. The number of pyridine rings is 1. The average molecular weight is 498 g/mol. The van der Waals surface area contributed by atoms with Crippen molar-refractivity contribution in [2.24, 2.45) is 5.92 Å². The Morgan fingerprint density at radius 1 is 0.946 bits per heavy atom. The van der Waals surface area contributed by atoms with Crippen molar-refractivity contribution in [2.45, 2.75) is 26.2 Å². The van der Waals surface area contributed by atoms with Gasteiger partial charge in [-0.3, -0.25) is 9.59 Å². The number of piperazine rings is 1. The van der Waals surface area contributed by atoms with Gasteiger partial charge < -0.3 is 20.4 Å². The molecule has 3 heterocycles. The molecule has 7 nitrogen and oxygen atoms in total. The normalized spacial score (nSPS) is 16.5. The second kappa shape index (κ2) is 11.6. The number of carbonyl (C=O) groups excluding carboxylic acids is 2. The second-order valence-corrected chi connectivity index (χ2v) is 10.0. The molecule has 2 aliphatic heterocycles. The molecule has 1 aromatic heterocycles. The summed E-state index contributed by atoms with van der Waals surface area (Å²) in [6.45, 7) is 6.67. The Morgan fingerprint density at radius 3 is 2.38 bits per heavy atom. The van der Waals surface area contributed by atoms with Crippen molar-refractivity contribution in [3.8, 4) is 0 Å². The number of aryl methyl sites for hydroxylation is 1. The molecular formula is C30H35N5O2. The minimum atomic E-state index is -0.199. The Bertz CT molecular complexity index is 1230. The van der Waals surface area contributed by atoms with Gasteiger partial charge in [0.15, 0.2) is 0 Å². The first-order chi connectivity index (χ1) is 18.1. The highest BCUT2D eigenvalue weighted by atomic mass is 16.2. The van der Waals surface area contributed by atoms with Crippen LogP contribution in [-0.2, 0) is 6.42 Å². The van der Waals surface area contributed by atoms with E-state index < -0.39 is 0 Å². The van der Waals surface area contributed by atoms with E-state index in [1.807, 2.05) is 36.1 Å². The number of aromatic nitrogens is 1. The summed E-state index contributed by atoms with van der Waals surface area (Å²) in [4.78, 5) is 35.6. The van der Waals surface area contributed by atoms with Crippen molar-refractivity contribution >= 4 is 23.3 Å². The zero-order valence-corrected chi connectivity index (χ0v) is 21.5. The number of likely N-dealkylation sites (tertiary alicyclic amines) is 1. The van der Waals surface area contributed by atoms with E-state index in [-0.39, 0.29) is 11.8 Å². The molecule has 192 valence electrons. The Morgan fingerprint density at radius 2 is 1.65 bits per heavy atom. The standard InChI is InChI=1S/C30H35N5O2/c1-22-7-5-6-10-26(22)29(36)33-25-20-27(28(32-21-25)34-17-13-31-14-18-34)30(37)35-15-11-24(12-16-35)19-23-8-3-2-4-9-23/h2-10,20-21,24,31H,11-19H2,1H3,(H,33,36). The lowest BCUT2D eigenvalue weighted by molar-refractivity contribution is 0.0690. The van der Waals surface area contributed by atoms with E-state index in [4.69, 9.17) is 4.98 Å². The minimum Gasteiger partial charge on any atom is -0.353 e. The third kappa shape index (κ3) is 6.00. The van der Waals surface area contributed by atoms with Crippen LogP contribution in [0.4, 0.5) is 11.5 Å². The van der Waals surface area contributed by atoms with Gasteiger partial charge in [-0.05, 0) is 55.4 Å². The van der Waals surface area contributed by atoms with Crippen LogP contribution in [0.15, 0.2) is 66.9 Å². The first-order valence-corrected chi connectivity index (χ1v) is 13.2. The van der Waals surface area contributed by atoms with Gasteiger partial charge in [-0.1, -0.05) is 48.5 Å². The topological polar surface area (TPSA) is 77.6 Å². The van der Waals surface area contributed by atoms with Crippen molar-refractivity contribution in [3.05, 3.63) is 89.1 Å². The lowest BCUT2D eigenvalue weighted by Crippen LogP contribution is -2.45. The minimum absolute atomic E-state index is 0.00816. The van der Waals surface area contributed by atoms with Gasteiger partial charge in [-0.2, -0.15) is 0 Å². The Kier molecular flexibility index (Phi) is 7.80. The summed E-state index contributed by atoms with van der Waals surface area (Å²) in [5.74, 6) is 1.07. The van der Waals surface area contributed by atoms with E-state index in [0.717, 1.165) is 64.1 Å².